The largest absolute Gasteiger partial charge is 0.343 e. The molecular formula is C14H23NO. The Morgan fingerprint density at radius 3 is 2.44 bits per heavy atom. The summed E-state index contributed by atoms with van der Waals surface area (Å²) in [6, 6.07) is 0.478. The quantitative estimate of drug-likeness (QED) is 0.717. The van der Waals surface area contributed by atoms with Crippen LogP contribution in [0.25, 0.3) is 0 Å². The van der Waals surface area contributed by atoms with E-state index in [0.717, 1.165) is 17.8 Å². The van der Waals surface area contributed by atoms with Gasteiger partial charge in [0.1, 0.15) is 0 Å². The average Bonchev–Trinajstić information content (AvgIpc) is 2.94. The van der Waals surface area contributed by atoms with Crippen molar-refractivity contribution in [1.29, 1.82) is 0 Å². The molecule has 3 fully saturated rings. The fraction of sp³-hybridized carbons (Fsp3) is 0.929. The molecule has 0 N–H and O–H groups in total. The van der Waals surface area contributed by atoms with Crippen LogP contribution in [0.5, 0.6) is 0 Å². The Bertz CT molecular complexity index is 297. The van der Waals surface area contributed by atoms with Crippen LogP contribution in [0.2, 0.25) is 0 Å². The number of carbonyl (C=O) groups excluding carboxylic acids is 1. The van der Waals surface area contributed by atoms with Crippen LogP contribution < -0.4 is 0 Å². The van der Waals surface area contributed by atoms with Crippen molar-refractivity contribution in [1.82, 2.24) is 4.90 Å². The summed E-state index contributed by atoms with van der Waals surface area (Å²) in [5.74, 6) is 3.24. The first-order chi connectivity index (χ1) is 7.66. The van der Waals surface area contributed by atoms with Gasteiger partial charge in [-0.3, -0.25) is 4.79 Å². The Morgan fingerprint density at radius 1 is 1.19 bits per heavy atom. The molecule has 0 aromatic heterocycles. The van der Waals surface area contributed by atoms with Gasteiger partial charge in [-0.1, -0.05) is 6.42 Å². The van der Waals surface area contributed by atoms with E-state index in [1.165, 1.54) is 38.5 Å². The molecule has 0 saturated heterocycles. The Morgan fingerprint density at radius 2 is 1.94 bits per heavy atom. The van der Waals surface area contributed by atoms with Crippen molar-refractivity contribution < 1.29 is 4.79 Å². The van der Waals surface area contributed by atoms with Crippen molar-refractivity contribution in [2.45, 2.75) is 51.5 Å². The van der Waals surface area contributed by atoms with Gasteiger partial charge in [0, 0.05) is 19.0 Å². The summed E-state index contributed by atoms with van der Waals surface area (Å²) in [5, 5.41) is 0. The first kappa shape index (κ1) is 10.6. The zero-order valence-corrected chi connectivity index (χ0v) is 10.5. The molecule has 90 valence electrons. The minimum atomic E-state index is 0.380. The number of rotatable bonds is 3. The third kappa shape index (κ3) is 1.66. The Hall–Kier alpha value is -0.530. The van der Waals surface area contributed by atoms with E-state index in [4.69, 9.17) is 0 Å². The van der Waals surface area contributed by atoms with Crippen LogP contribution in [-0.2, 0) is 4.79 Å². The molecule has 3 rings (SSSR count). The van der Waals surface area contributed by atoms with Gasteiger partial charge in [0.25, 0.3) is 0 Å². The SMILES string of the molecule is C[C@H](C1CC1)N(C)C(=O)[C@H]1C[C@H]2CC[C@H]1C2. The van der Waals surface area contributed by atoms with E-state index in [1.807, 2.05) is 7.05 Å². The molecule has 0 radical (unpaired) electrons. The molecule has 0 aromatic carbocycles. The summed E-state index contributed by atoms with van der Waals surface area (Å²) in [4.78, 5) is 14.5. The molecule has 2 nitrogen and oxygen atoms in total. The van der Waals surface area contributed by atoms with Crippen LogP contribution in [0, 0.1) is 23.7 Å². The second kappa shape index (κ2) is 3.75. The van der Waals surface area contributed by atoms with Crippen LogP contribution in [0.3, 0.4) is 0 Å². The maximum absolute atomic E-state index is 12.4. The monoisotopic (exact) mass is 221 g/mol. The van der Waals surface area contributed by atoms with Crippen LogP contribution in [-0.4, -0.2) is 23.9 Å². The molecule has 0 unspecified atom stereocenters. The highest BCUT2D eigenvalue weighted by Crippen LogP contribution is 2.49. The smallest absolute Gasteiger partial charge is 0.225 e. The van der Waals surface area contributed by atoms with Gasteiger partial charge >= 0.3 is 0 Å². The van der Waals surface area contributed by atoms with Crippen molar-refractivity contribution in [3.8, 4) is 0 Å². The van der Waals surface area contributed by atoms with E-state index < -0.39 is 0 Å². The first-order valence-electron chi connectivity index (χ1n) is 6.93. The van der Waals surface area contributed by atoms with E-state index in [0.29, 0.717) is 17.9 Å². The lowest BCUT2D eigenvalue weighted by Crippen LogP contribution is -2.41. The molecule has 2 heteroatoms. The lowest BCUT2D eigenvalue weighted by Gasteiger charge is -2.31. The molecular weight excluding hydrogens is 198 g/mol. The standard InChI is InChI=1S/C14H23NO/c1-9(11-5-6-11)15(2)14(16)13-8-10-3-4-12(13)7-10/h9-13H,3-8H2,1-2H3/t9-,10+,12+,13+/m1/s1. The maximum Gasteiger partial charge on any atom is 0.225 e. The molecule has 1 amide bonds. The number of hydrogen-bond acceptors (Lipinski definition) is 1. The van der Waals surface area contributed by atoms with Gasteiger partial charge in [-0.2, -0.15) is 0 Å². The molecule has 16 heavy (non-hydrogen) atoms. The van der Waals surface area contributed by atoms with Gasteiger partial charge in [0.2, 0.25) is 5.91 Å². The van der Waals surface area contributed by atoms with Crippen molar-refractivity contribution >= 4 is 5.91 Å². The van der Waals surface area contributed by atoms with Crippen LogP contribution in [0.15, 0.2) is 0 Å². The molecule has 0 spiro atoms. The fourth-order valence-corrected chi connectivity index (χ4v) is 3.90. The third-order valence-electron chi connectivity index (χ3n) is 5.32. The maximum atomic E-state index is 12.4. The number of amides is 1. The predicted octanol–water partition coefficient (Wildman–Crippen LogP) is 2.68. The summed E-state index contributed by atoms with van der Waals surface area (Å²) in [5.41, 5.74) is 0. The molecule has 0 heterocycles. The van der Waals surface area contributed by atoms with Gasteiger partial charge < -0.3 is 4.90 Å². The number of carbonyl (C=O) groups is 1. The second-order valence-corrected chi connectivity index (χ2v) is 6.31. The average molecular weight is 221 g/mol. The van der Waals surface area contributed by atoms with E-state index in [1.54, 1.807) is 0 Å². The van der Waals surface area contributed by atoms with Crippen molar-refractivity contribution in [2.24, 2.45) is 23.7 Å². The Labute approximate surface area is 98.4 Å². The molecule has 2 bridgehead atoms. The number of hydrogen-bond donors (Lipinski definition) is 0. The van der Waals surface area contributed by atoms with Crippen LogP contribution in [0.1, 0.15) is 45.4 Å². The topological polar surface area (TPSA) is 20.3 Å². The Kier molecular flexibility index (Phi) is 2.49. The highest BCUT2D eigenvalue weighted by atomic mass is 16.2. The Balaban J connectivity index is 1.63. The minimum absolute atomic E-state index is 0.380. The minimum Gasteiger partial charge on any atom is -0.343 e. The second-order valence-electron chi connectivity index (χ2n) is 6.31. The zero-order chi connectivity index (χ0) is 11.3. The molecule has 3 aliphatic rings. The highest BCUT2D eigenvalue weighted by Gasteiger charge is 2.45. The van der Waals surface area contributed by atoms with E-state index in [9.17, 15) is 4.79 Å². The summed E-state index contributed by atoms with van der Waals surface area (Å²) in [7, 11) is 2.03. The van der Waals surface area contributed by atoms with Gasteiger partial charge in [0.05, 0.1) is 0 Å². The highest BCUT2D eigenvalue weighted by molar-refractivity contribution is 5.79. The van der Waals surface area contributed by atoms with Crippen LogP contribution in [0.4, 0.5) is 0 Å². The van der Waals surface area contributed by atoms with Gasteiger partial charge in [0.15, 0.2) is 0 Å². The summed E-state index contributed by atoms with van der Waals surface area (Å²) in [6.07, 6.45) is 7.88. The molecule has 3 saturated carbocycles. The van der Waals surface area contributed by atoms with E-state index >= 15 is 0 Å². The van der Waals surface area contributed by atoms with Gasteiger partial charge in [-0.05, 0) is 56.8 Å². The summed E-state index contributed by atoms with van der Waals surface area (Å²) >= 11 is 0. The van der Waals surface area contributed by atoms with Crippen molar-refractivity contribution in [2.75, 3.05) is 7.05 Å². The van der Waals surface area contributed by atoms with Crippen molar-refractivity contribution in [3.63, 3.8) is 0 Å². The fourth-order valence-electron chi connectivity index (χ4n) is 3.90. The van der Waals surface area contributed by atoms with Gasteiger partial charge in [-0.15, -0.1) is 0 Å². The lowest BCUT2D eigenvalue weighted by atomic mass is 9.87. The van der Waals surface area contributed by atoms with E-state index in [-0.39, 0.29) is 0 Å². The molecule has 0 aromatic rings. The van der Waals surface area contributed by atoms with Crippen LogP contribution >= 0.6 is 0 Å². The van der Waals surface area contributed by atoms with Gasteiger partial charge in [-0.25, -0.2) is 0 Å². The number of fused-ring (bicyclic) bond motifs is 2. The van der Waals surface area contributed by atoms with E-state index in [2.05, 4.69) is 11.8 Å². The zero-order valence-electron chi connectivity index (χ0n) is 10.5. The summed E-state index contributed by atoms with van der Waals surface area (Å²) in [6.45, 7) is 2.22. The third-order valence-corrected chi connectivity index (χ3v) is 5.32. The molecule has 4 atom stereocenters. The predicted molar refractivity (Wildman–Crippen MR) is 63.9 cm³/mol. The number of nitrogens with zero attached hydrogens (tertiary/aromatic N) is 1. The normalized spacial score (nSPS) is 38.8. The molecule has 0 aliphatic heterocycles. The lowest BCUT2D eigenvalue weighted by molar-refractivity contribution is -0.138. The molecule has 3 aliphatic carbocycles. The van der Waals surface area contributed by atoms with Crippen molar-refractivity contribution in [3.05, 3.63) is 0 Å². The summed E-state index contributed by atoms with van der Waals surface area (Å²) < 4.78 is 0. The first-order valence-corrected chi connectivity index (χ1v) is 6.93.